The Morgan fingerprint density at radius 1 is 1.20 bits per heavy atom. The minimum absolute atomic E-state index is 0.0428. The van der Waals surface area contributed by atoms with Gasteiger partial charge < -0.3 is 15.0 Å². The van der Waals surface area contributed by atoms with Crippen molar-refractivity contribution in [1.29, 1.82) is 0 Å². The molecule has 1 heterocycles. The number of ether oxygens (including phenoxy) is 1. The van der Waals surface area contributed by atoms with Gasteiger partial charge in [0.25, 0.3) is 0 Å². The number of halogens is 3. The molecule has 0 fully saturated rings. The third-order valence-electron chi connectivity index (χ3n) is 2.82. The molecule has 0 radical (unpaired) electrons. The van der Waals surface area contributed by atoms with E-state index in [1.165, 1.54) is 12.1 Å². The van der Waals surface area contributed by atoms with E-state index in [2.05, 4.69) is 4.74 Å². The maximum Gasteiger partial charge on any atom is 0.573 e. The first-order chi connectivity index (χ1) is 9.33. The Hall–Kier alpha value is -1.95. The van der Waals surface area contributed by atoms with Gasteiger partial charge in [-0.05, 0) is 36.2 Å². The van der Waals surface area contributed by atoms with Gasteiger partial charge in [-0.2, -0.15) is 0 Å². The van der Waals surface area contributed by atoms with Gasteiger partial charge in [0.15, 0.2) is 0 Å². The second-order valence-electron chi connectivity index (χ2n) is 4.60. The van der Waals surface area contributed by atoms with Crippen LogP contribution < -0.4 is 10.5 Å². The summed E-state index contributed by atoms with van der Waals surface area (Å²) in [4.78, 5) is 0. The van der Waals surface area contributed by atoms with Gasteiger partial charge in [0, 0.05) is 25.0 Å². The van der Waals surface area contributed by atoms with E-state index in [4.69, 9.17) is 5.73 Å². The predicted molar refractivity (Wildman–Crippen MR) is 69.3 cm³/mol. The number of hydrogen-bond donors (Lipinski definition) is 1. The minimum Gasteiger partial charge on any atom is -0.406 e. The molecule has 20 heavy (non-hydrogen) atoms. The summed E-state index contributed by atoms with van der Waals surface area (Å²) in [6.07, 6.45) is -0.849. The number of nitrogens with zero attached hydrogens (tertiary/aromatic N) is 1. The van der Waals surface area contributed by atoms with Crippen molar-refractivity contribution in [3.05, 3.63) is 53.9 Å². The Morgan fingerprint density at radius 3 is 2.35 bits per heavy atom. The van der Waals surface area contributed by atoms with E-state index in [-0.39, 0.29) is 11.8 Å². The molecule has 3 nitrogen and oxygen atoms in total. The van der Waals surface area contributed by atoms with Gasteiger partial charge in [0.1, 0.15) is 5.75 Å². The van der Waals surface area contributed by atoms with E-state index >= 15 is 0 Å². The molecule has 0 aliphatic carbocycles. The molecule has 6 heteroatoms. The molecule has 1 unspecified atom stereocenters. The van der Waals surface area contributed by atoms with Gasteiger partial charge in [-0.25, -0.2) is 0 Å². The van der Waals surface area contributed by atoms with Gasteiger partial charge in [0.05, 0.1) is 0 Å². The molecule has 0 amide bonds. The van der Waals surface area contributed by atoms with Gasteiger partial charge in [-0.3, -0.25) is 0 Å². The summed E-state index contributed by atoms with van der Waals surface area (Å²) in [5.41, 5.74) is 7.66. The van der Waals surface area contributed by atoms with Crippen molar-refractivity contribution in [2.24, 2.45) is 5.73 Å². The minimum atomic E-state index is -4.66. The van der Waals surface area contributed by atoms with Crippen LogP contribution in [0.5, 0.6) is 5.75 Å². The van der Waals surface area contributed by atoms with E-state index in [1.54, 1.807) is 12.1 Å². The summed E-state index contributed by atoms with van der Waals surface area (Å²) >= 11 is 0. The fraction of sp³-hybridized carbons (Fsp3) is 0.286. The van der Waals surface area contributed by atoms with Crippen molar-refractivity contribution >= 4 is 0 Å². The lowest BCUT2D eigenvalue weighted by atomic mass is 10.2. The van der Waals surface area contributed by atoms with E-state index < -0.39 is 6.36 Å². The molecule has 2 aromatic rings. The molecule has 108 valence electrons. The Bertz CT molecular complexity index is 559. The van der Waals surface area contributed by atoms with Crippen LogP contribution >= 0.6 is 0 Å². The number of aromatic nitrogens is 1. The first-order valence-electron chi connectivity index (χ1n) is 6.09. The predicted octanol–water partition coefficient (Wildman–Crippen LogP) is 3.45. The van der Waals surface area contributed by atoms with Crippen molar-refractivity contribution in [3.63, 3.8) is 0 Å². The maximum atomic E-state index is 12.0. The number of hydrogen-bond acceptors (Lipinski definition) is 2. The standard InChI is InChI=1S/C14H15F3N2O/c1-10(18)12-6-7-19(9-12)8-11-2-4-13(5-3-11)20-14(15,16)17/h2-7,9-10H,8,18H2,1H3. The lowest BCUT2D eigenvalue weighted by Gasteiger charge is -2.09. The Balaban J connectivity index is 2.03. The van der Waals surface area contributed by atoms with Crippen LogP contribution in [-0.4, -0.2) is 10.9 Å². The Morgan fingerprint density at radius 2 is 1.85 bits per heavy atom. The maximum absolute atomic E-state index is 12.0. The van der Waals surface area contributed by atoms with Crippen LogP contribution in [0.25, 0.3) is 0 Å². The molecule has 0 saturated carbocycles. The average molecular weight is 284 g/mol. The molecule has 1 aromatic carbocycles. The first kappa shape index (κ1) is 14.5. The summed E-state index contributed by atoms with van der Waals surface area (Å²) in [5, 5.41) is 0. The monoisotopic (exact) mass is 284 g/mol. The average Bonchev–Trinajstić information content (AvgIpc) is 2.78. The van der Waals surface area contributed by atoms with Gasteiger partial charge in [-0.15, -0.1) is 13.2 Å². The van der Waals surface area contributed by atoms with Crippen LogP contribution in [-0.2, 0) is 6.54 Å². The van der Waals surface area contributed by atoms with Crippen molar-refractivity contribution in [2.45, 2.75) is 25.9 Å². The van der Waals surface area contributed by atoms with E-state index in [0.29, 0.717) is 6.54 Å². The van der Waals surface area contributed by atoms with Crippen LogP contribution in [0.1, 0.15) is 24.1 Å². The van der Waals surface area contributed by atoms with Crippen molar-refractivity contribution in [1.82, 2.24) is 4.57 Å². The molecular weight excluding hydrogens is 269 g/mol. The number of rotatable bonds is 4. The zero-order valence-electron chi connectivity index (χ0n) is 10.9. The lowest BCUT2D eigenvalue weighted by molar-refractivity contribution is -0.274. The molecule has 0 saturated heterocycles. The number of benzene rings is 1. The Kier molecular flexibility index (Phi) is 4.04. The number of nitrogens with two attached hydrogens (primary N) is 1. The van der Waals surface area contributed by atoms with Crippen LogP contribution in [0.2, 0.25) is 0 Å². The fourth-order valence-electron chi connectivity index (χ4n) is 1.83. The molecule has 1 aromatic heterocycles. The van der Waals surface area contributed by atoms with Crippen LogP contribution in [0.4, 0.5) is 13.2 Å². The summed E-state index contributed by atoms with van der Waals surface area (Å²) < 4.78 is 41.8. The normalized spacial score (nSPS) is 13.2. The highest BCUT2D eigenvalue weighted by molar-refractivity contribution is 5.28. The van der Waals surface area contributed by atoms with Gasteiger partial charge in [0.2, 0.25) is 0 Å². The zero-order chi connectivity index (χ0) is 14.8. The van der Waals surface area contributed by atoms with Gasteiger partial charge >= 0.3 is 6.36 Å². The van der Waals surface area contributed by atoms with Crippen molar-refractivity contribution < 1.29 is 17.9 Å². The van der Waals surface area contributed by atoms with E-state index in [0.717, 1.165) is 11.1 Å². The Labute approximate surface area is 114 Å². The van der Waals surface area contributed by atoms with Crippen LogP contribution in [0.15, 0.2) is 42.7 Å². The molecule has 0 bridgehead atoms. The molecule has 0 aliphatic heterocycles. The summed E-state index contributed by atoms with van der Waals surface area (Å²) in [6, 6.07) is 7.70. The topological polar surface area (TPSA) is 40.2 Å². The smallest absolute Gasteiger partial charge is 0.406 e. The van der Waals surface area contributed by atoms with Gasteiger partial charge in [-0.1, -0.05) is 12.1 Å². The first-order valence-corrected chi connectivity index (χ1v) is 6.09. The highest BCUT2D eigenvalue weighted by Crippen LogP contribution is 2.23. The highest BCUT2D eigenvalue weighted by Gasteiger charge is 2.30. The SMILES string of the molecule is CC(N)c1ccn(Cc2ccc(OC(F)(F)F)cc2)c1. The molecule has 2 rings (SSSR count). The van der Waals surface area contributed by atoms with Crippen LogP contribution in [0, 0.1) is 0 Å². The summed E-state index contributed by atoms with van der Waals surface area (Å²) in [5.74, 6) is -0.218. The quantitative estimate of drug-likeness (QED) is 0.934. The molecule has 0 spiro atoms. The lowest BCUT2D eigenvalue weighted by Crippen LogP contribution is -2.17. The number of alkyl halides is 3. The molecule has 1 atom stereocenters. The van der Waals surface area contributed by atoms with E-state index in [1.807, 2.05) is 30.0 Å². The largest absolute Gasteiger partial charge is 0.573 e. The summed E-state index contributed by atoms with van der Waals surface area (Å²) in [7, 11) is 0. The van der Waals surface area contributed by atoms with Crippen LogP contribution in [0.3, 0.4) is 0 Å². The van der Waals surface area contributed by atoms with Crippen molar-refractivity contribution in [2.75, 3.05) is 0 Å². The zero-order valence-corrected chi connectivity index (χ0v) is 10.9. The molecule has 2 N–H and O–H groups in total. The molecular formula is C14H15F3N2O. The molecule has 0 aliphatic rings. The van der Waals surface area contributed by atoms with Crippen molar-refractivity contribution in [3.8, 4) is 5.75 Å². The fourth-order valence-corrected chi connectivity index (χ4v) is 1.83. The second-order valence-corrected chi connectivity index (χ2v) is 4.60. The second kappa shape index (κ2) is 5.58. The van der Waals surface area contributed by atoms with E-state index in [9.17, 15) is 13.2 Å². The highest BCUT2D eigenvalue weighted by atomic mass is 19.4. The third kappa shape index (κ3) is 4.03. The third-order valence-corrected chi connectivity index (χ3v) is 2.82. The summed E-state index contributed by atoms with van der Waals surface area (Å²) in [6.45, 7) is 2.46.